The van der Waals surface area contributed by atoms with Crippen molar-refractivity contribution in [1.29, 1.82) is 0 Å². The highest BCUT2D eigenvalue weighted by Crippen LogP contribution is 2.15. The minimum Gasteiger partial charge on any atom is -0.317 e. The topological polar surface area (TPSA) is 15.3 Å². The van der Waals surface area contributed by atoms with Crippen LogP contribution in [0.5, 0.6) is 0 Å². The molecule has 0 radical (unpaired) electrons. The van der Waals surface area contributed by atoms with Crippen molar-refractivity contribution >= 4 is 0 Å². The Hall–Kier alpha value is -0.0800. The van der Waals surface area contributed by atoms with E-state index in [9.17, 15) is 0 Å². The van der Waals surface area contributed by atoms with Crippen LogP contribution in [0.3, 0.4) is 0 Å². The molecule has 1 heterocycles. The van der Waals surface area contributed by atoms with Crippen molar-refractivity contribution in [3.63, 3.8) is 0 Å². The van der Waals surface area contributed by atoms with Gasteiger partial charge in [-0.25, -0.2) is 0 Å². The van der Waals surface area contributed by atoms with Gasteiger partial charge in [-0.15, -0.1) is 0 Å². The molecule has 1 N–H and O–H groups in total. The molecule has 13 heavy (non-hydrogen) atoms. The summed E-state index contributed by atoms with van der Waals surface area (Å²) in [5.41, 5.74) is 0. The molecule has 1 aliphatic heterocycles. The van der Waals surface area contributed by atoms with Gasteiger partial charge in [-0.2, -0.15) is 0 Å². The fourth-order valence-corrected chi connectivity index (χ4v) is 1.99. The summed E-state index contributed by atoms with van der Waals surface area (Å²) in [6.45, 7) is 8.57. The predicted octanol–water partition coefficient (Wildman–Crippen LogP) is 1.72. The number of hydrogen-bond acceptors (Lipinski definition) is 2. The summed E-state index contributed by atoms with van der Waals surface area (Å²) in [4.78, 5) is 2.60. The smallest absolute Gasteiger partial charge is 0.00362 e. The summed E-state index contributed by atoms with van der Waals surface area (Å²) in [5, 5.41) is 3.28. The molecule has 0 spiro atoms. The molecular weight excluding hydrogens is 160 g/mol. The zero-order valence-corrected chi connectivity index (χ0v) is 9.34. The van der Waals surface area contributed by atoms with Crippen molar-refractivity contribution in [2.75, 3.05) is 26.7 Å². The van der Waals surface area contributed by atoms with Gasteiger partial charge in [-0.3, -0.25) is 0 Å². The maximum Gasteiger partial charge on any atom is 0.00362 e. The molecule has 2 atom stereocenters. The number of hydrogen-bond donors (Lipinski definition) is 1. The zero-order chi connectivity index (χ0) is 9.68. The van der Waals surface area contributed by atoms with Crippen molar-refractivity contribution < 1.29 is 0 Å². The van der Waals surface area contributed by atoms with Crippen molar-refractivity contribution in [3.05, 3.63) is 0 Å². The first-order chi connectivity index (χ1) is 6.22. The van der Waals surface area contributed by atoms with Crippen molar-refractivity contribution in [2.45, 2.75) is 39.2 Å². The molecule has 0 aromatic carbocycles. The molecule has 0 saturated carbocycles. The number of nitrogens with one attached hydrogen (secondary N) is 1. The molecule has 0 aromatic heterocycles. The van der Waals surface area contributed by atoms with Gasteiger partial charge in [0.1, 0.15) is 0 Å². The molecule has 0 amide bonds. The van der Waals surface area contributed by atoms with Gasteiger partial charge in [0.05, 0.1) is 0 Å². The van der Waals surface area contributed by atoms with Crippen molar-refractivity contribution in [3.8, 4) is 0 Å². The van der Waals surface area contributed by atoms with E-state index < -0.39 is 0 Å². The highest BCUT2D eigenvalue weighted by Gasteiger charge is 2.17. The molecule has 1 saturated heterocycles. The maximum absolute atomic E-state index is 3.28. The molecule has 1 rings (SSSR count). The Morgan fingerprint density at radius 3 is 2.85 bits per heavy atom. The summed E-state index contributed by atoms with van der Waals surface area (Å²) in [6.07, 6.45) is 4.05. The van der Waals surface area contributed by atoms with E-state index in [1.807, 2.05) is 7.05 Å². The number of nitrogens with zero attached hydrogens (tertiary/aromatic N) is 1. The van der Waals surface area contributed by atoms with E-state index in [2.05, 4.69) is 24.1 Å². The summed E-state index contributed by atoms with van der Waals surface area (Å²) >= 11 is 0. The minimum atomic E-state index is 0.681. The molecule has 2 unspecified atom stereocenters. The largest absolute Gasteiger partial charge is 0.317 e. The Kier molecular flexibility index (Phi) is 4.74. The normalized spacial score (nSPS) is 26.5. The lowest BCUT2D eigenvalue weighted by Crippen LogP contribution is -2.25. The molecule has 78 valence electrons. The third-order valence-electron chi connectivity index (χ3n) is 3.11. The van der Waals surface area contributed by atoms with E-state index in [1.54, 1.807) is 0 Å². The first-order valence-electron chi connectivity index (χ1n) is 5.62. The average Bonchev–Trinajstić information content (AvgIpc) is 2.51. The van der Waals surface area contributed by atoms with Crippen LogP contribution in [0.25, 0.3) is 0 Å². The molecule has 2 nitrogen and oxygen atoms in total. The molecule has 0 bridgehead atoms. The van der Waals surface area contributed by atoms with Crippen LogP contribution in [0.1, 0.15) is 33.1 Å². The highest BCUT2D eigenvalue weighted by molar-refractivity contribution is 4.72. The summed E-state index contributed by atoms with van der Waals surface area (Å²) in [6, 6.07) is 0.681. The second-order valence-electron chi connectivity index (χ2n) is 4.53. The minimum absolute atomic E-state index is 0.681. The zero-order valence-electron chi connectivity index (χ0n) is 9.34. The Labute approximate surface area is 82.7 Å². The van der Waals surface area contributed by atoms with E-state index in [4.69, 9.17) is 0 Å². The third-order valence-corrected chi connectivity index (χ3v) is 3.11. The second kappa shape index (κ2) is 5.61. The molecule has 1 aliphatic rings. The molecular formula is C11H24N2. The van der Waals surface area contributed by atoms with Crippen molar-refractivity contribution in [2.24, 2.45) is 5.92 Å². The Balaban J connectivity index is 2.00. The second-order valence-corrected chi connectivity index (χ2v) is 4.53. The molecule has 2 heteroatoms. The van der Waals surface area contributed by atoms with Crippen LogP contribution in [0.4, 0.5) is 0 Å². The van der Waals surface area contributed by atoms with E-state index in [0.29, 0.717) is 6.04 Å². The van der Waals surface area contributed by atoms with Gasteiger partial charge in [0, 0.05) is 12.6 Å². The monoisotopic (exact) mass is 184 g/mol. The van der Waals surface area contributed by atoms with Crippen LogP contribution in [-0.2, 0) is 0 Å². The van der Waals surface area contributed by atoms with Gasteiger partial charge in [-0.1, -0.05) is 6.92 Å². The van der Waals surface area contributed by atoms with Crippen LogP contribution in [0.2, 0.25) is 0 Å². The Morgan fingerprint density at radius 2 is 2.31 bits per heavy atom. The van der Waals surface area contributed by atoms with Gasteiger partial charge in [-0.05, 0) is 52.2 Å². The average molecular weight is 184 g/mol. The quantitative estimate of drug-likeness (QED) is 0.700. The van der Waals surface area contributed by atoms with Crippen LogP contribution in [0, 0.1) is 5.92 Å². The van der Waals surface area contributed by atoms with E-state index in [1.165, 1.54) is 38.9 Å². The SMILES string of the molecule is CNC(C)CCCN1CCC(C)C1. The van der Waals surface area contributed by atoms with Gasteiger partial charge in [0.2, 0.25) is 0 Å². The van der Waals surface area contributed by atoms with Gasteiger partial charge < -0.3 is 10.2 Å². The van der Waals surface area contributed by atoms with Crippen LogP contribution in [-0.4, -0.2) is 37.6 Å². The van der Waals surface area contributed by atoms with Crippen molar-refractivity contribution in [1.82, 2.24) is 10.2 Å². The fraction of sp³-hybridized carbons (Fsp3) is 1.00. The Bertz CT molecular complexity index is 136. The maximum atomic E-state index is 3.28. The number of rotatable bonds is 5. The van der Waals surface area contributed by atoms with Crippen LogP contribution in [0.15, 0.2) is 0 Å². The molecule has 0 aliphatic carbocycles. The lowest BCUT2D eigenvalue weighted by atomic mass is 10.2. The molecule has 0 aromatic rings. The van der Waals surface area contributed by atoms with E-state index in [0.717, 1.165) is 5.92 Å². The lowest BCUT2D eigenvalue weighted by molar-refractivity contribution is 0.313. The van der Waals surface area contributed by atoms with Gasteiger partial charge >= 0.3 is 0 Å². The molecule has 1 fully saturated rings. The van der Waals surface area contributed by atoms with Crippen LogP contribution < -0.4 is 5.32 Å². The van der Waals surface area contributed by atoms with Crippen LogP contribution >= 0.6 is 0 Å². The number of likely N-dealkylation sites (tertiary alicyclic amines) is 1. The predicted molar refractivity (Wildman–Crippen MR) is 58.0 cm³/mol. The summed E-state index contributed by atoms with van der Waals surface area (Å²) < 4.78 is 0. The lowest BCUT2D eigenvalue weighted by Gasteiger charge is -2.16. The third kappa shape index (κ3) is 4.10. The summed E-state index contributed by atoms with van der Waals surface area (Å²) in [7, 11) is 2.04. The summed E-state index contributed by atoms with van der Waals surface area (Å²) in [5.74, 6) is 0.932. The fourth-order valence-electron chi connectivity index (χ4n) is 1.99. The van der Waals surface area contributed by atoms with E-state index in [-0.39, 0.29) is 0 Å². The van der Waals surface area contributed by atoms with Gasteiger partial charge in [0.25, 0.3) is 0 Å². The Morgan fingerprint density at radius 1 is 1.54 bits per heavy atom. The highest BCUT2D eigenvalue weighted by atomic mass is 15.1. The first-order valence-corrected chi connectivity index (χ1v) is 5.62. The van der Waals surface area contributed by atoms with E-state index >= 15 is 0 Å². The first kappa shape index (κ1) is 11.0. The standard InChI is InChI=1S/C11H24N2/c1-10-6-8-13(9-10)7-4-5-11(2)12-3/h10-12H,4-9H2,1-3H3. The van der Waals surface area contributed by atoms with Gasteiger partial charge in [0.15, 0.2) is 0 Å².